The van der Waals surface area contributed by atoms with Crippen molar-refractivity contribution in [3.8, 4) is 0 Å². The maximum absolute atomic E-state index is 6.28. The van der Waals surface area contributed by atoms with Crippen molar-refractivity contribution in [3.05, 3.63) is 52.6 Å². The van der Waals surface area contributed by atoms with Crippen molar-refractivity contribution in [1.82, 2.24) is 4.98 Å². The van der Waals surface area contributed by atoms with Gasteiger partial charge in [0.15, 0.2) is 0 Å². The van der Waals surface area contributed by atoms with E-state index in [1.54, 1.807) is 0 Å². The molecule has 1 aromatic carbocycles. The lowest BCUT2D eigenvalue weighted by Crippen LogP contribution is -2.27. The largest absolute Gasteiger partial charge is 0.458 e. The van der Waals surface area contributed by atoms with Gasteiger partial charge in [0.2, 0.25) is 0 Å². The summed E-state index contributed by atoms with van der Waals surface area (Å²) in [6.45, 7) is 3.10. The maximum Gasteiger partial charge on any atom is 0.282 e. The van der Waals surface area contributed by atoms with Gasteiger partial charge < -0.3 is 20.7 Å². The van der Waals surface area contributed by atoms with E-state index >= 15 is 0 Å². The van der Waals surface area contributed by atoms with E-state index in [9.17, 15) is 0 Å². The minimum Gasteiger partial charge on any atom is -0.458 e. The number of allylic oxidation sites excluding steroid dienone is 2. The number of anilines is 2. The molecule has 7 heteroatoms. The van der Waals surface area contributed by atoms with Crippen LogP contribution in [-0.2, 0) is 4.74 Å². The van der Waals surface area contributed by atoms with Gasteiger partial charge in [0.05, 0.1) is 18.6 Å². The molecule has 1 aromatic heterocycles. The average Bonchev–Trinajstić information content (AvgIpc) is 3.04. The van der Waals surface area contributed by atoms with Crippen LogP contribution in [0.3, 0.4) is 0 Å². The molecule has 30 heavy (non-hydrogen) atoms. The number of nitrogens with two attached hydrogens (primary N) is 1. The van der Waals surface area contributed by atoms with Crippen LogP contribution in [0, 0.1) is 0 Å². The Hall–Kier alpha value is -2.73. The van der Waals surface area contributed by atoms with E-state index in [0.29, 0.717) is 18.1 Å². The highest BCUT2D eigenvalue weighted by atomic mass is 35.5. The molecular weight excluding hydrogens is 398 g/mol. The Balaban J connectivity index is 1.45. The summed E-state index contributed by atoms with van der Waals surface area (Å²) in [5, 5.41) is 5.22. The van der Waals surface area contributed by atoms with Crippen LogP contribution >= 0.6 is 11.6 Å². The number of rotatable bonds is 4. The quantitative estimate of drug-likeness (QED) is 0.768. The minimum atomic E-state index is -0.0610. The van der Waals surface area contributed by atoms with Gasteiger partial charge in [-0.05, 0) is 55.0 Å². The summed E-state index contributed by atoms with van der Waals surface area (Å²) in [6, 6.07) is 8.24. The van der Waals surface area contributed by atoms with Gasteiger partial charge in [0, 0.05) is 35.3 Å². The SMILES string of the molecule is NC1=NCC(CNc2cc(N3CCCC4=CCCC=C4C3)nc3ccc(Cl)cc23)O1. The van der Waals surface area contributed by atoms with E-state index in [0.717, 1.165) is 54.8 Å². The topological polar surface area (TPSA) is 75.8 Å². The number of aliphatic imine (C=N–C) groups is 1. The molecule has 0 amide bonds. The third-order valence-corrected chi connectivity index (χ3v) is 6.17. The second-order valence-electron chi connectivity index (χ2n) is 8.05. The summed E-state index contributed by atoms with van der Waals surface area (Å²) in [5.74, 6) is 0.989. The maximum atomic E-state index is 6.28. The van der Waals surface area contributed by atoms with Crippen LogP contribution in [0.1, 0.15) is 25.7 Å². The van der Waals surface area contributed by atoms with Crippen molar-refractivity contribution in [3.63, 3.8) is 0 Å². The summed E-state index contributed by atoms with van der Waals surface area (Å²) in [5.41, 5.74) is 10.6. The molecule has 2 aliphatic heterocycles. The molecule has 6 nitrogen and oxygen atoms in total. The Labute approximate surface area is 181 Å². The molecule has 1 fully saturated rings. The molecule has 1 atom stereocenters. The number of halogens is 1. The van der Waals surface area contributed by atoms with Gasteiger partial charge in [-0.25, -0.2) is 9.98 Å². The second-order valence-corrected chi connectivity index (χ2v) is 8.49. The van der Waals surface area contributed by atoms with Gasteiger partial charge >= 0.3 is 0 Å². The molecular formula is C23H26ClN5O. The standard InChI is InChI=1S/C23H26ClN5O/c24-17-7-8-20-19(10-17)21(26-12-18-13-27-23(25)30-18)11-22(28-20)29-9-3-6-15-4-1-2-5-16(15)14-29/h4-5,7-8,10-11,18H,1-3,6,9,12-14H2,(H2,25,27)(H,26,28). The van der Waals surface area contributed by atoms with E-state index in [1.165, 1.54) is 17.6 Å². The number of benzene rings is 1. The number of hydrogen-bond acceptors (Lipinski definition) is 6. The Morgan fingerprint density at radius 1 is 1.20 bits per heavy atom. The van der Waals surface area contributed by atoms with E-state index in [-0.39, 0.29) is 12.1 Å². The van der Waals surface area contributed by atoms with Crippen LogP contribution < -0.4 is 16.0 Å². The predicted octanol–water partition coefficient (Wildman–Crippen LogP) is 4.26. The lowest BCUT2D eigenvalue weighted by molar-refractivity contribution is 0.234. The number of ether oxygens (including phenoxy) is 1. The summed E-state index contributed by atoms with van der Waals surface area (Å²) in [4.78, 5) is 11.5. The third-order valence-electron chi connectivity index (χ3n) is 5.94. The fourth-order valence-electron chi connectivity index (χ4n) is 4.41. The molecule has 1 saturated heterocycles. The molecule has 1 aliphatic carbocycles. The fraction of sp³-hybridized carbons (Fsp3) is 0.391. The van der Waals surface area contributed by atoms with Gasteiger partial charge in [-0.1, -0.05) is 23.8 Å². The zero-order chi connectivity index (χ0) is 20.5. The number of hydrogen-bond donors (Lipinski definition) is 2. The Morgan fingerprint density at radius 3 is 2.90 bits per heavy atom. The highest BCUT2D eigenvalue weighted by Crippen LogP contribution is 2.33. The Kier molecular flexibility index (Phi) is 5.25. The van der Waals surface area contributed by atoms with Crippen molar-refractivity contribution in [2.45, 2.75) is 31.8 Å². The molecule has 3 N–H and O–H groups in total. The van der Waals surface area contributed by atoms with Crippen molar-refractivity contribution in [2.24, 2.45) is 10.7 Å². The summed E-state index contributed by atoms with van der Waals surface area (Å²) in [7, 11) is 0. The van der Waals surface area contributed by atoms with Crippen LogP contribution in [0.2, 0.25) is 5.02 Å². The zero-order valence-corrected chi connectivity index (χ0v) is 17.7. The number of fused-ring (bicyclic) bond motifs is 2. The number of aromatic nitrogens is 1. The van der Waals surface area contributed by atoms with Crippen LogP contribution in [0.4, 0.5) is 11.5 Å². The highest BCUT2D eigenvalue weighted by molar-refractivity contribution is 6.31. The minimum absolute atomic E-state index is 0.0610. The molecule has 2 aromatic rings. The van der Waals surface area contributed by atoms with Crippen LogP contribution in [-0.4, -0.2) is 43.3 Å². The zero-order valence-electron chi connectivity index (χ0n) is 16.9. The average molecular weight is 424 g/mol. The van der Waals surface area contributed by atoms with Crippen LogP contribution in [0.5, 0.6) is 0 Å². The number of amidine groups is 1. The molecule has 0 spiro atoms. The molecule has 3 heterocycles. The lowest BCUT2D eigenvalue weighted by atomic mass is 9.95. The summed E-state index contributed by atoms with van der Waals surface area (Å²) in [6.07, 6.45) is 9.34. The van der Waals surface area contributed by atoms with E-state index in [2.05, 4.69) is 33.4 Å². The van der Waals surface area contributed by atoms with E-state index in [1.807, 2.05) is 18.2 Å². The third kappa shape index (κ3) is 3.97. The van der Waals surface area contributed by atoms with Crippen molar-refractivity contribution in [2.75, 3.05) is 36.4 Å². The van der Waals surface area contributed by atoms with Gasteiger partial charge in [-0.3, -0.25) is 0 Å². The summed E-state index contributed by atoms with van der Waals surface area (Å²) >= 11 is 6.28. The van der Waals surface area contributed by atoms with Crippen LogP contribution in [0.25, 0.3) is 10.9 Å². The molecule has 0 bridgehead atoms. The molecule has 1 unspecified atom stereocenters. The normalized spacial score (nSPS) is 21.3. The lowest BCUT2D eigenvalue weighted by Gasteiger charge is -2.25. The molecule has 3 aliphatic rings. The van der Waals surface area contributed by atoms with E-state index < -0.39 is 0 Å². The Morgan fingerprint density at radius 2 is 2.07 bits per heavy atom. The fourth-order valence-corrected chi connectivity index (χ4v) is 4.58. The molecule has 156 valence electrons. The van der Waals surface area contributed by atoms with Crippen LogP contribution in [0.15, 0.2) is 52.6 Å². The number of nitrogens with zero attached hydrogens (tertiary/aromatic N) is 3. The molecule has 0 radical (unpaired) electrons. The predicted molar refractivity (Wildman–Crippen MR) is 123 cm³/mol. The van der Waals surface area contributed by atoms with Crippen molar-refractivity contribution >= 4 is 40.0 Å². The number of pyridine rings is 1. The molecule has 5 rings (SSSR count). The van der Waals surface area contributed by atoms with Gasteiger partial charge in [-0.2, -0.15) is 0 Å². The Bertz CT molecular complexity index is 1060. The first kappa shape index (κ1) is 19.2. The van der Waals surface area contributed by atoms with Crippen molar-refractivity contribution in [1.29, 1.82) is 0 Å². The second kappa shape index (κ2) is 8.19. The first-order valence-electron chi connectivity index (χ1n) is 10.6. The van der Waals surface area contributed by atoms with Gasteiger partial charge in [0.1, 0.15) is 11.9 Å². The smallest absolute Gasteiger partial charge is 0.282 e. The first-order chi connectivity index (χ1) is 14.7. The van der Waals surface area contributed by atoms with Gasteiger partial charge in [-0.15, -0.1) is 0 Å². The first-order valence-corrected chi connectivity index (χ1v) is 11.0. The van der Waals surface area contributed by atoms with Gasteiger partial charge in [0.25, 0.3) is 6.02 Å². The number of nitrogens with one attached hydrogen (secondary N) is 1. The highest BCUT2D eigenvalue weighted by Gasteiger charge is 2.21. The van der Waals surface area contributed by atoms with E-state index in [4.69, 9.17) is 27.1 Å². The van der Waals surface area contributed by atoms with Crippen molar-refractivity contribution < 1.29 is 4.74 Å². The molecule has 0 saturated carbocycles. The monoisotopic (exact) mass is 423 g/mol. The summed E-state index contributed by atoms with van der Waals surface area (Å²) < 4.78 is 5.54.